The van der Waals surface area contributed by atoms with Crippen LogP contribution in [0.2, 0.25) is 0 Å². The molecule has 0 fully saturated rings. The maximum Gasteiger partial charge on any atom is 0.315 e. The van der Waals surface area contributed by atoms with Crippen LogP contribution in [0.1, 0.15) is 31.7 Å². The van der Waals surface area contributed by atoms with Gasteiger partial charge in [-0.25, -0.2) is 0 Å². The summed E-state index contributed by atoms with van der Waals surface area (Å²) in [4.78, 5) is 10.9. The zero-order valence-corrected chi connectivity index (χ0v) is 14.8. The number of aromatic nitrogens is 3. The lowest BCUT2D eigenvalue weighted by atomic mass is 10.2. The van der Waals surface area contributed by atoms with Gasteiger partial charge in [0.25, 0.3) is 0 Å². The molecule has 1 aromatic carbocycles. The minimum Gasteiger partial charge on any atom is -0.493 e. The molecule has 1 aromatic heterocycles. The smallest absolute Gasteiger partial charge is 0.315 e. The molecule has 1 heterocycles. The molecule has 0 amide bonds. The van der Waals surface area contributed by atoms with Crippen LogP contribution in [0.5, 0.6) is 11.5 Å². The number of nitro groups is 1. The number of methoxy groups -OCH3 is 1. The van der Waals surface area contributed by atoms with E-state index in [4.69, 9.17) is 21.7 Å². The zero-order chi connectivity index (χ0) is 18.2. The van der Waals surface area contributed by atoms with Gasteiger partial charge in [-0.3, -0.25) is 15.2 Å². The molecule has 0 spiro atoms. The molecular formula is C15H19N5O4S. The predicted molar refractivity (Wildman–Crippen MR) is 95.1 cm³/mol. The Kier molecular flexibility index (Phi) is 6.63. The van der Waals surface area contributed by atoms with Crippen molar-refractivity contribution >= 4 is 24.1 Å². The van der Waals surface area contributed by atoms with Crippen LogP contribution in [0.25, 0.3) is 0 Å². The van der Waals surface area contributed by atoms with Crippen LogP contribution in [0.15, 0.2) is 23.6 Å². The fraction of sp³-hybridized carbons (Fsp3) is 0.400. The fourth-order valence-corrected chi connectivity index (χ4v) is 2.24. The maximum absolute atomic E-state index is 11.4. The molecule has 0 radical (unpaired) electrons. The van der Waals surface area contributed by atoms with E-state index in [1.54, 1.807) is 6.07 Å². The van der Waals surface area contributed by atoms with Gasteiger partial charge in [-0.2, -0.15) is 14.9 Å². The Morgan fingerprint density at radius 1 is 1.48 bits per heavy atom. The van der Waals surface area contributed by atoms with Gasteiger partial charge in [0.1, 0.15) is 6.33 Å². The third kappa shape index (κ3) is 4.86. The number of ether oxygens (including phenoxy) is 2. The van der Waals surface area contributed by atoms with Crippen molar-refractivity contribution in [1.29, 1.82) is 0 Å². The first-order chi connectivity index (χ1) is 12.1. The molecule has 0 bridgehead atoms. The Bertz CT molecular complexity index is 814. The Balaban J connectivity index is 2.32. The number of hydrogen-bond acceptors (Lipinski definition) is 7. The van der Waals surface area contributed by atoms with Crippen molar-refractivity contribution in [2.75, 3.05) is 13.7 Å². The third-order valence-electron chi connectivity index (χ3n) is 3.34. The number of nitro benzene ring substituents is 1. The summed E-state index contributed by atoms with van der Waals surface area (Å²) in [5.74, 6) is 0.406. The van der Waals surface area contributed by atoms with Crippen molar-refractivity contribution in [1.82, 2.24) is 14.9 Å². The molecular weight excluding hydrogens is 346 g/mol. The average molecular weight is 365 g/mol. The number of hydrogen-bond donors (Lipinski definition) is 1. The van der Waals surface area contributed by atoms with Gasteiger partial charge in [-0.05, 0) is 24.7 Å². The van der Waals surface area contributed by atoms with Crippen LogP contribution in [0.3, 0.4) is 0 Å². The highest BCUT2D eigenvalue weighted by molar-refractivity contribution is 7.71. The minimum absolute atomic E-state index is 0.126. The third-order valence-corrected chi connectivity index (χ3v) is 3.61. The summed E-state index contributed by atoms with van der Waals surface area (Å²) in [6.45, 7) is 2.46. The second-order valence-electron chi connectivity index (χ2n) is 5.13. The molecule has 0 aliphatic rings. The Labute approximate surface area is 149 Å². The number of nitrogens with zero attached hydrogens (tertiary/aromatic N) is 4. The Morgan fingerprint density at radius 2 is 2.28 bits per heavy atom. The van der Waals surface area contributed by atoms with Crippen molar-refractivity contribution in [3.8, 4) is 11.5 Å². The van der Waals surface area contributed by atoms with Crippen molar-refractivity contribution in [2.24, 2.45) is 5.10 Å². The van der Waals surface area contributed by atoms with Gasteiger partial charge >= 0.3 is 5.69 Å². The number of H-pyrrole nitrogens is 1. The predicted octanol–water partition coefficient (Wildman–Crippen LogP) is 3.31. The van der Waals surface area contributed by atoms with Gasteiger partial charge in [0.05, 0.1) is 24.9 Å². The molecule has 0 aliphatic carbocycles. The van der Waals surface area contributed by atoms with Crippen molar-refractivity contribution in [2.45, 2.75) is 26.2 Å². The molecule has 0 saturated heterocycles. The largest absolute Gasteiger partial charge is 0.493 e. The summed E-state index contributed by atoms with van der Waals surface area (Å²) in [6.07, 6.45) is 5.68. The highest BCUT2D eigenvalue weighted by atomic mass is 32.1. The van der Waals surface area contributed by atoms with Crippen LogP contribution in [0, 0.1) is 14.9 Å². The number of unbranched alkanes of at least 4 members (excludes halogenated alkanes) is 2. The van der Waals surface area contributed by atoms with E-state index in [1.807, 2.05) is 0 Å². The summed E-state index contributed by atoms with van der Waals surface area (Å²) in [7, 11) is 1.44. The summed E-state index contributed by atoms with van der Waals surface area (Å²) in [5.41, 5.74) is 0.306. The maximum atomic E-state index is 11.4. The van der Waals surface area contributed by atoms with Gasteiger partial charge in [0, 0.05) is 11.6 Å². The van der Waals surface area contributed by atoms with Crippen molar-refractivity contribution < 1.29 is 14.4 Å². The summed E-state index contributed by atoms with van der Waals surface area (Å²) >= 11 is 4.98. The van der Waals surface area contributed by atoms with E-state index < -0.39 is 4.92 Å². The first-order valence-corrected chi connectivity index (χ1v) is 8.13. The first kappa shape index (κ1) is 18.6. The summed E-state index contributed by atoms with van der Waals surface area (Å²) in [5, 5.41) is 21.8. The topological polar surface area (TPSA) is 108 Å². The molecule has 25 heavy (non-hydrogen) atoms. The molecule has 134 valence electrons. The average Bonchev–Trinajstić information content (AvgIpc) is 3.01. The monoisotopic (exact) mass is 365 g/mol. The van der Waals surface area contributed by atoms with E-state index in [1.165, 1.54) is 30.4 Å². The van der Waals surface area contributed by atoms with Crippen molar-refractivity contribution in [3.05, 3.63) is 38.9 Å². The minimum atomic E-state index is -0.501. The number of rotatable bonds is 9. The summed E-state index contributed by atoms with van der Waals surface area (Å²) in [6, 6.07) is 3.00. The van der Waals surface area contributed by atoms with Gasteiger partial charge < -0.3 is 9.47 Å². The number of aromatic amines is 1. The highest BCUT2D eigenvalue weighted by Gasteiger charge is 2.22. The van der Waals surface area contributed by atoms with Gasteiger partial charge in [0.15, 0.2) is 5.75 Å². The summed E-state index contributed by atoms with van der Waals surface area (Å²) < 4.78 is 12.5. The Morgan fingerprint density at radius 3 is 2.88 bits per heavy atom. The van der Waals surface area contributed by atoms with Crippen LogP contribution in [-0.4, -0.2) is 39.7 Å². The molecule has 9 nitrogen and oxygen atoms in total. The quantitative estimate of drug-likeness (QED) is 0.240. The molecule has 0 atom stereocenters. The van der Waals surface area contributed by atoms with Crippen LogP contribution < -0.4 is 9.47 Å². The SMILES string of the molecule is CCCCCOc1c(OC)cc(/C=N\n2cn[nH]c2=S)cc1[N+](=O)[O-]. The standard InChI is InChI=1S/C15H19N5O4S/c1-3-4-5-6-24-14-12(20(21)22)7-11(8-13(14)23-2)9-17-19-10-16-18-15(19)25/h7-10H,3-6H2,1-2H3,(H,18,25)/b17-9-. The fourth-order valence-electron chi connectivity index (χ4n) is 2.09. The molecule has 0 saturated carbocycles. The molecule has 2 aromatic rings. The van der Waals surface area contributed by atoms with E-state index in [0.29, 0.717) is 16.9 Å². The van der Waals surface area contributed by atoms with Crippen LogP contribution in [0.4, 0.5) is 5.69 Å². The van der Waals surface area contributed by atoms with E-state index in [0.717, 1.165) is 19.3 Å². The van der Waals surface area contributed by atoms with Crippen LogP contribution >= 0.6 is 12.2 Å². The van der Waals surface area contributed by atoms with E-state index >= 15 is 0 Å². The lowest BCUT2D eigenvalue weighted by Gasteiger charge is -2.11. The number of benzene rings is 1. The van der Waals surface area contributed by atoms with Gasteiger partial charge in [-0.1, -0.05) is 19.8 Å². The molecule has 2 rings (SSSR count). The lowest BCUT2D eigenvalue weighted by molar-refractivity contribution is -0.386. The van der Waals surface area contributed by atoms with Crippen LogP contribution in [-0.2, 0) is 0 Å². The molecule has 0 aliphatic heterocycles. The molecule has 0 unspecified atom stereocenters. The second-order valence-corrected chi connectivity index (χ2v) is 5.52. The normalized spacial score (nSPS) is 11.0. The van der Waals surface area contributed by atoms with E-state index in [9.17, 15) is 10.1 Å². The molecule has 1 N–H and O–H groups in total. The van der Waals surface area contributed by atoms with E-state index in [-0.39, 0.29) is 17.2 Å². The van der Waals surface area contributed by atoms with Gasteiger partial charge in [-0.15, -0.1) is 0 Å². The second kappa shape index (κ2) is 8.92. The Hall–Kier alpha value is -2.75. The van der Waals surface area contributed by atoms with E-state index in [2.05, 4.69) is 22.2 Å². The first-order valence-electron chi connectivity index (χ1n) is 7.72. The zero-order valence-electron chi connectivity index (χ0n) is 14.0. The molecule has 10 heteroatoms. The van der Waals surface area contributed by atoms with Gasteiger partial charge in [0.2, 0.25) is 10.5 Å². The lowest BCUT2D eigenvalue weighted by Crippen LogP contribution is -2.04. The highest BCUT2D eigenvalue weighted by Crippen LogP contribution is 2.38. The number of nitrogens with one attached hydrogen (secondary N) is 1. The van der Waals surface area contributed by atoms with Crippen molar-refractivity contribution in [3.63, 3.8) is 0 Å².